The molecule has 0 unspecified atom stereocenters. The number of nitrogens with zero attached hydrogens (tertiary/aromatic N) is 3. The molecule has 0 saturated heterocycles. The lowest BCUT2D eigenvalue weighted by Crippen LogP contribution is -1.98. The second-order valence-electron chi connectivity index (χ2n) is 3.76. The van der Waals surface area contributed by atoms with Crippen LogP contribution in [-0.2, 0) is 0 Å². The van der Waals surface area contributed by atoms with Gasteiger partial charge >= 0.3 is 0 Å². The first-order valence-corrected chi connectivity index (χ1v) is 5.81. The molecule has 0 bridgehead atoms. The Labute approximate surface area is 108 Å². The monoisotopic (exact) mass is 259 g/mol. The number of H-pyrrole nitrogens is 1. The highest BCUT2D eigenvalue weighted by Gasteiger charge is 2.12. The van der Waals surface area contributed by atoms with Crippen LogP contribution in [0.5, 0.6) is 0 Å². The van der Waals surface area contributed by atoms with E-state index >= 15 is 0 Å². The van der Waals surface area contributed by atoms with E-state index in [1.54, 1.807) is 13.2 Å². The topological polar surface area (TPSA) is 66.5 Å². The number of anilines is 1. The lowest BCUT2D eigenvalue weighted by atomic mass is 10.1. The van der Waals surface area contributed by atoms with Crippen molar-refractivity contribution >= 4 is 28.6 Å². The molecule has 1 aromatic carbocycles. The molecule has 5 nitrogen and oxygen atoms in total. The summed E-state index contributed by atoms with van der Waals surface area (Å²) in [7, 11) is 1.77. The molecule has 0 fully saturated rings. The number of benzene rings is 1. The molecule has 0 aliphatic heterocycles. The standard InChI is InChI=1S/C12H10ClN5/c1-14-12-16-10(7-4-2-3-5-9(7)13)8-6-15-18-11(8)17-12/h2-6H,1H3,(H2,14,15,16,17,18). The summed E-state index contributed by atoms with van der Waals surface area (Å²) >= 11 is 6.21. The Morgan fingerprint density at radius 2 is 2.06 bits per heavy atom. The highest BCUT2D eigenvalue weighted by molar-refractivity contribution is 6.33. The van der Waals surface area contributed by atoms with Gasteiger partial charge in [0.15, 0.2) is 5.65 Å². The number of nitrogens with one attached hydrogen (secondary N) is 2. The molecule has 0 spiro atoms. The van der Waals surface area contributed by atoms with E-state index in [0.29, 0.717) is 16.6 Å². The largest absolute Gasteiger partial charge is 0.357 e. The van der Waals surface area contributed by atoms with E-state index in [1.165, 1.54) is 0 Å². The molecule has 2 heterocycles. The molecule has 0 atom stereocenters. The average Bonchev–Trinajstić information content (AvgIpc) is 2.86. The summed E-state index contributed by atoms with van der Waals surface area (Å²) < 4.78 is 0. The van der Waals surface area contributed by atoms with Crippen LogP contribution in [0.15, 0.2) is 30.5 Å². The molecule has 3 aromatic rings. The summed E-state index contributed by atoms with van der Waals surface area (Å²) in [6.45, 7) is 0. The molecule has 3 rings (SSSR count). The third-order valence-electron chi connectivity index (χ3n) is 2.66. The van der Waals surface area contributed by atoms with E-state index in [2.05, 4.69) is 25.5 Å². The van der Waals surface area contributed by atoms with Gasteiger partial charge in [-0.1, -0.05) is 29.8 Å². The first kappa shape index (κ1) is 11.0. The molecular formula is C12H10ClN5. The van der Waals surface area contributed by atoms with E-state index in [-0.39, 0.29) is 0 Å². The molecule has 0 aliphatic carbocycles. The summed E-state index contributed by atoms with van der Waals surface area (Å²) in [6, 6.07) is 7.58. The van der Waals surface area contributed by atoms with Crippen LogP contribution in [-0.4, -0.2) is 27.2 Å². The van der Waals surface area contributed by atoms with Crippen molar-refractivity contribution in [2.24, 2.45) is 0 Å². The summed E-state index contributed by atoms with van der Waals surface area (Å²) in [4.78, 5) is 8.74. The Kier molecular flexibility index (Phi) is 2.60. The first-order valence-electron chi connectivity index (χ1n) is 5.43. The summed E-state index contributed by atoms with van der Waals surface area (Å²) in [5, 5.41) is 11.3. The molecule has 0 radical (unpaired) electrons. The second kappa shape index (κ2) is 4.27. The van der Waals surface area contributed by atoms with Crippen molar-refractivity contribution in [1.29, 1.82) is 0 Å². The third kappa shape index (κ3) is 1.69. The lowest BCUT2D eigenvalue weighted by molar-refractivity contribution is 1.09. The van der Waals surface area contributed by atoms with Gasteiger partial charge in [-0.15, -0.1) is 0 Å². The maximum Gasteiger partial charge on any atom is 0.225 e. The highest BCUT2D eigenvalue weighted by Crippen LogP contribution is 2.31. The number of aromatic amines is 1. The van der Waals surface area contributed by atoms with Crippen molar-refractivity contribution in [2.75, 3.05) is 12.4 Å². The van der Waals surface area contributed by atoms with Crippen LogP contribution in [0.3, 0.4) is 0 Å². The minimum atomic E-state index is 0.529. The van der Waals surface area contributed by atoms with Crippen LogP contribution in [0.4, 0.5) is 5.95 Å². The summed E-state index contributed by atoms with van der Waals surface area (Å²) in [5.74, 6) is 0.529. The molecule has 6 heteroatoms. The minimum absolute atomic E-state index is 0.529. The number of halogens is 1. The van der Waals surface area contributed by atoms with Gasteiger partial charge in [0.25, 0.3) is 0 Å². The zero-order chi connectivity index (χ0) is 12.5. The average molecular weight is 260 g/mol. The predicted octanol–water partition coefficient (Wildman–Crippen LogP) is 2.71. The number of hydrogen-bond donors (Lipinski definition) is 2. The van der Waals surface area contributed by atoms with Crippen molar-refractivity contribution in [2.45, 2.75) is 0 Å². The molecule has 2 aromatic heterocycles. The van der Waals surface area contributed by atoms with Crippen molar-refractivity contribution < 1.29 is 0 Å². The second-order valence-corrected chi connectivity index (χ2v) is 4.17. The van der Waals surface area contributed by atoms with Gasteiger partial charge in [-0.3, -0.25) is 5.10 Å². The maximum absolute atomic E-state index is 6.21. The normalized spacial score (nSPS) is 10.8. The summed E-state index contributed by atoms with van der Waals surface area (Å²) in [6.07, 6.45) is 1.70. The zero-order valence-electron chi connectivity index (χ0n) is 9.61. The number of rotatable bonds is 2. The van der Waals surface area contributed by atoms with Gasteiger partial charge < -0.3 is 5.32 Å². The van der Waals surface area contributed by atoms with Gasteiger partial charge in [-0.25, -0.2) is 4.98 Å². The zero-order valence-corrected chi connectivity index (χ0v) is 10.4. The van der Waals surface area contributed by atoms with Crippen LogP contribution < -0.4 is 5.32 Å². The van der Waals surface area contributed by atoms with Crippen molar-refractivity contribution in [3.05, 3.63) is 35.5 Å². The smallest absolute Gasteiger partial charge is 0.225 e. The first-order chi connectivity index (χ1) is 8.79. The van der Waals surface area contributed by atoms with Crippen LogP contribution >= 0.6 is 11.6 Å². The lowest BCUT2D eigenvalue weighted by Gasteiger charge is -2.06. The van der Waals surface area contributed by atoms with Gasteiger partial charge in [-0.05, 0) is 6.07 Å². The molecule has 90 valence electrons. The Morgan fingerprint density at radius 3 is 2.83 bits per heavy atom. The molecule has 0 saturated carbocycles. The third-order valence-corrected chi connectivity index (χ3v) is 2.99. The number of fused-ring (bicyclic) bond motifs is 1. The molecule has 0 aliphatic rings. The van der Waals surface area contributed by atoms with Gasteiger partial charge in [0.1, 0.15) is 0 Å². The molecule has 18 heavy (non-hydrogen) atoms. The van der Waals surface area contributed by atoms with Crippen LogP contribution in [0.2, 0.25) is 5.02 Å². The Morgan fingerprint density at radius 1 is 1.22 bits per heavy atom. The fraction of sp³-hybridized carbons (Fsp3) is 0.0833. The van der Waals surface area contributed by atoms with E-state index < -0.39 is 0 Å². The van der Waals surface area contributed by atoms with Crippen LogP contribution in [0.25, 0.3) is 22.3 Å². The van der Waals surface area contributed by atoms with Crippen molar-refractivity contribution in [3.63, 3.8) is 0 Å². The minimum Gasteiger partial charge on any atom is -0.357 e. The van der Waals surface area contributed by atoms with Gasteiger partial charge in [0, 0.05) is 17.6 Å². The van der Waals surface area contributed by atoms with E-state index in [4.69, 9.17) is 11.6 Å². The fourth-order valence-corrected chi connectivity index (χ4v) is 2.03. The fourth-order valence-electron chi connectivity index (χ4n) is 1.81. The maximum atomic E-state index is 6.21. The predicted molar refractivity (Wildman–Crippen MR) is 71.7 cm³/mol. The van der Waals surface area contributed by atoms with Crippen LogP contribution in [0.1, 0.15) is 0 Å². The van der Waals surface area contributed by atoms with Gasteiger partial charge in [0.05, 0.1) is 17.3 Å². The Hall–Kier alpha value is -2.14. The van der Waals surface area contributed by atoms with E-state index in [0.717, 1.165) is 16.6 Å². The Balaban J connectivity index is 2.34. The van der Waals surface area contributed by atoms with Crippen molar-refractivity contribution in [3.8, 4) is 11.3 Å². The van der Waals surface area contributed by atoms with Crippen LogP contribution in [0, 0.1) is 0 Å². The van der Waals surface area contributed by atoms with Crippen molar-refractivity contribution in [1.82, 2.24) is 20.2 Å². The van der Waals surface area contributed by atoms with E-state index in [9.17, 15) is 0 Å². The quantitative estimate of drug-likeness (QED) is 0.743. The molecule has 0 amide bonds. The van der Waals surface area contributed by atoms with Gasteiger partial charge in [0.2, 0.25) is 5.95 Å². The number of aromatic nitrogens is 4. The highest BCUT2D eigenvalue weighted by atomic mass is 35.5. The molecular weight excluding hydrogens is 250 g/mol. The Bertz CT molecular complexity index is 707. The van der Waals surface area contributed by atoms with Gasteiger partial charge in [-0.2, -0.15) is 10.1 Å². The summed E-state index contributed by atoms with van der Waals surface area (Å²) in [5.41, 5.74) is 2.32. The van der Waals surface area contributed by atoms with E-state index in [1.807, 2.05) is 24.3 Å². The molecule has 2 N–H and O–H groups in total. The SMILES string of the molecule is CNc1nc(-c2ccccc2Cl)c2cn[nH]c2n1. The number of hydrogen-bond acceptors (Lipinski definition) is 4.